The number of carbonyl (C=O) groups is 1. The summed E-state index contributed by atoms with van der Waals surface area (Å²) in [5.41, 5.74) is 1.47. The van der Waals surface area contributed by atoms with E-state index in [2.05, 4.69) is 5.32 Å². The van der Waals surface area contributed by atoms with Crippen molar-refractivity contribution in [3.8, 4) is 0 Å². The van der Waals surface area contributed by atoms with E-state index in [0.717, 1.165) is 30.2 Å². The number of aromatic nitrogens is 1. The number of nitrogens with one attached hydrogen (secondary N) is 1. The van der Waals surface area contributed by atoms with E-state index in [0.29, 0.717) is 17.6 Å². The summed E-state index contributed by atoms with van der Waals surface area (Å²) >= 11 is 0. The first-order valence-corrected chi connectivity index (χ1v) is 8.05. The number of amides is 1. The van der Waals surface area contributed by atoms with E-state index < -0.39 is 0 Å². The lowest BCUT2D eigenvalue weighted by atomic mass is 9.93. The van der Waals surface area contributed by atoms with Gasteiger partial charge in [-0.15, -0.1) is 0 Å². The molecular formula is C18H22N2O2. The van der Waals surface area contributed by atoms with E-state index in [9.17, 15) is 9.59 Å². The first-order valence-electron chi connectivity index (χ1n) is 8.05. The third-order valence-corrected chi connectivity index (χ3v) is 4.39. The Kier molecular flexibility index (Phi) is 4.01. The summed E-state index contributed by atoms with van der Waals surface area (Å²) in [7, 11) is 0. The number of aryl methyl sites for hydroxylation is 1. The molecule has 1 heterocycles. The van der Waals surface area contributed by atoms with Crippen LogP contribution < -0.4 is 10.9 Å². The van der Waals surface area contributed by atoms with Gasteiger partial charge in [-0.25, -0.2) is 0 Å². The molecule has 22 heavy (non-hydrogen) atoms. The van der Waals surface area contributed by atoms with Gasteiger partial charge in [-0.1, -0.05) is 24.6 Å². The topological polar surface area (TPSA) is 51.1 Å². The van der Waals surface area contributed by atoms with Crippen molar-refractivity contribution in [3.05, 3.63) is 45.9 Å². The molecule has 0 spiro atoms. The molecule has 0 radical (unpaired) electrons. The van der Waals surface area contributed by atoms with Gasteiger partial charge >= 0.3 is 0 Å². The number of hydrogen-bond acceptors (Lipinski definition) is 2. The summed E-state index contributed by atoms with van der Waals surface area (Å²) in [5.74, 6) is -0.127. The quantitative estimate of drug-likeness (QED) is 0.943. The molecule has 1 aliphatic carbocycles. The molecule has 4 nitrogen and oxygen atoms in total. The number of fused-ring (bicyclic) bond motifs is 1. The van der Waals surface area contributed by atoms with Gasteiger partial charge in [-0.2, -0.15) is 0 Å². The van der Waals surface area contributed by atoms with Gasteiger partial charge in [-0.05, 0) is 50.1 Å². The van der Waals surface area contributed by atoms with Gasteiger partial charge < -0.3 is 9.88 Å². The molecular weight excluding hydrogens is 276 g/mol. The van der Waals surface area contributed by atoms with Crippen molar-refractivity contribution in [1.82, 2.24) is 9.88 Å². The molecule has 0 unspecified atom stereocenters. The molecule has 1 N–H and O–H groups in total. The van der Waals surface area contributed by atoms with Crippen molar-refractivity contribution in [2.24, 2.45) is 0 Å². The molecule has 1 aliphatic rings. The summed E-state index contributed by atoms with van der Waals surface area (Å²) in [6, 6.07) is 7.91. The predicted octanol–water partition coefficient (Wildman–Crippen LogP) is 3.00. The molecule has 0 atom stereocenters. The van der Waals surface area contributed by atoms with Gasteiger partial charge in [0, 0.05) is 18.0 Å². The standard InChI is InChI=1S/C18H22N2O2/c1-3-9-20-16(17(21)19-14-5-4-6-14)11-13-8-7-12(2)10-15(13)18(20)22/h7-8,10-11,14H,3-6,9H2,1-2H3,(H,19,21). The molecule has 1 saturated carbocycles. The smallest absolute Gasteiger partial charge is 0.268 e. The van der Waals surface area contributed by atoms with Crippen molar-refractivity contribution in [2.45, 2.75) is 52.1 Å². The van der Waals surface area contributed by atoms with Crippen LogP contribution in [0.25, 0.3) is 10.8 Å². The molecule has 1 aromatic carbocycles. The van der Waals surface area contributed by atoms with Crippen LogP contribution in [0.2, 0.25) is 0 Å². The fourth-order valence-electron chi connectivity index (χ4n) is 2.91. The summed E-state index contributed by atoms with van der Waals surface area (Å²) in [6.45, 7) is 4.55. The van der Waals surface area contributed by atoms with Crippen LogP contribution in [-0.2, 0) is 6.54 Å². The largest absolute Gasteiger partial charge is 0.348 e. The molecule has 4 heteroatoms. The minimum atomic E-state index is -0.127. The minimum absolute atomic E-state index is 0.0678. The Morgan fingerprint density at radius 3 is 2.73 bits per heavy atom. The molecule has 0 bridgehead atoms. The van der Waals surface area contributed by atoms with Gasteiger partial charge in [0.2, 0.25) is 0 Å². The molecule has 2 aromatic rings. The number of pyridine rings is 1. The average molecular weight is 298 g/mol. The Labute approximate surface area is 130 Å². The van der Waals surface area contributed by atoms with Crippen molar-refractivity contribution in [1.29, 1.82) is 0 Å². The Morgan fingerprint density at radius 2 is 2.09 bits per heavy atom. The number of benzene rings is 1. The van der Waals surface area contributed by atoms with E-state index in [1.165, 1.54) is 6.42 Å². The molecule has 0 aliphatic heterocycles. The second-order valence-corrected chi connectivity index (χ2v) is 6.18. The Hall–Kier alpha value is -2.10. The summed E-state index contributed by atoms with van der Waals surface area (Å²) in [5, 5.41) is 4.56. The molecule has 1 aromatic heterocycles. The molecule has 1 fully saturated rings. The average Bonchev–Trinajstić information content (AvgIpc) is 2.46. The number of rotatable bonds is 4. The van der Waals surface area contributed by atoms with Crippen molar-refractivity contribution in [3.63, 3.8) is 0 Å². The zero-order chi connectivity index (χ0) is 15.7. The van der Waals surface area contributed by atoms with Crippen LogP contribution in [0.4, 0.5) is 0 Å². The van der Waals surface area contributed by atoms with E-state index in [-0.39, 0.29) is 17.5 Å². The normalized spacial score (nSPS) is 14.8. The van der Waals surface area contributed by atoms with E-state index in [4.69, 9.17) is 0 Å². The number of carbonyl (C=O) groups excluding carboxylic acids is 1. The van der Waals surface area contributed by atoms with E-state index >= 15 is 0 Å². The zero-order valence-electron chi connectivity index (χ0n) is 13.2. The first kappa shape index (κ1) is 14.8. The Balaban J connectivity index is 2.10. The van der Waals surface area contributed by atoms with E-state index in [1.807, 2.05) is 38.1 Å². The lowest BCUT2D eigenvalue weighted by Crippen LogP contribution is -2.41. The fourth-order valence-corrected chi connectivity index (χ4v) is 2.91. The molecule has 1 amide bonds. The highest BCUT2D eigenvalue weighted by Gasteiger charge is 2.22. The highest BCUT2D eigenvalue weighted by Crippen LogP contribution is 2.19. The van der Waals surface area contributed by atoms with Gasteiger partial charge in [-0.3, -0.25) is 9.59 Å². The van der Waals surface area contributed by atoms with Crippen LogP contribution >= 0.6 is 0 Å². The lowest BCUT2D eigenvalue weighted by Gasteiger charge is -2.27. The summed E-state index contributed by atoms with van der Waals surface area (Å²) in [4.78, 5) is 25.3. The SMILES string of the molecule is CCCn1c(C(=O)NC2CCC2)cc2ccc(C)cc2c1=O. The second kappa shape index (κ2) is 5.95. The highest BCUT2D eigenvalue weighted by atomic mass is 16.2. The maximum atomic E-state index is 12.7. The maximum Gasteiger partial charge on any atom is 0.268 e. The van der Waals surface area contributed by atoms with Crippen LogP contribution in [0.5, 0.6) is 0 Å². The monoisotopic (exact) mass is 298 g/mol. The summed E-state index contributed by atoms with van der Waals surface area (Å²) < 4.78 is 1.62. The van der Waals surface area contributed by atoms with Crippen LogP contribution in [0.15, 0.2) is 29.1 Å². The summed E-state index contributed by atoms with van der Waals surface area (Å²) in [6.07, 6.45) is 4.07. The third kappa shape index (κ3) is 2.65. The lowest BCUT2D eigenvalue weighted by molar-refractivity contribution is 0.0906. The molecule has 116 valence electrons. The second-order valence-electron chi connectivity index (χ2n) is 6.18. The van der Waals surface area contributed by atoms with Crippen molar-refractivity contribution in [2.75, 3.05) is 0 Å². The number of hydrogen-bond donors (Lipinski definition) is 1. The maximum absolute atomic E-state index is 12.7. The van der Waals surface area contributed by atoms with Crippen LogP contribution in [0.1, 0.15) is 48.7 Å². The van der Waals surface area contributed by atoms with Gasteiger partial charge in [0.05, 0.1) is 0 Å². The van der Waals surface area contributed by atoms with Crippen molar-refractivity contribution < 1.29 is 4.79 Å². The molecule has 0 saturated heterocycles. The minimum Gasteiger partial charge on any atom is -0.348 e. The number of nitrogens with zero attached hydrogens (tertiary/aromatic N) is 1. The Morgan fingerprint density at radius 1 is 1.32 bits per heavy atom. The highest BCUT2D eigenvalue weighted by molar-refractivity contribution is 5.97. The van der Waals surface area contributed by atoms with Gasteiger partial charge in [0.1, 0.15) is 5.69 Å². The van der Waals surface area contributed by atoms with Crippen LogP contribution in [-0.4, -0.2) is 16.5 Å². The fraction of sp³-hybridized carbons (Fsp3) is 0.444. The van der Waals surface area contributed by atoms with Crippen LogP contribution in [0.3, 0.4) is 0 Å². The zero-order valence-corrected chi connectivity index (χ0v) is 13.2. The van der Waals surface area contributed by atoms with Gasteiger partial charge in [0.25, 0.3) is 11.5 Å². The van der Waals surface area contributed by atoms with Gasteiger partial charge in [0.15, 0.2) is 0 Å². The van der Waals surface area contributed by atoms with E-state index in [1.54, 1.807) is 4.57 Å². The molecule has 3 rings (SSSR count). The third-order valence-electron chi connectivity index (χ3n) is 4.39. The Bertz CT molecular complexity index is 772. The van der Waals surface area contributed by atoms with Crippen LogP contribution in [0, 0.1) is 6.92 Å². The first-order chi connectivity index (χ1) is 10.6. The van der Waals surface area contributed by atoms with Crippen molar-refractivity contribution >= 4 is 16.7 Å². The predicted molar refractivity (Wildman–Crippen MR) is 88.3 cm³/mol.